The number of likely N-dealkylation sites (tertiary alicyclic amines) is 1. The first-order valence-corrected chi connectivity index (χ1v) is 12.1. The topological polar surface area (TPSA) is 73.5 Å². The molecule has 29 heavy (non-hydrogen) atoms. The quantitative estimate of drug-likeness (QED) is 0.536. The van der Waals surface area contributed by atoms with Crippen LogP contribution in [0.5, 0.6) is 0 Å². The Morgan fingerprint density at radius 1 is 1.10 bits per heavy atom. The average Bonchev–Trinajstić information content (AvgIpc) is 3.24. The summed E-state index contributed by atoms with van der Waals surface area (Å²) in [6.07, 6.45) is 9.40. The molecule has 0 radical (unpaired) electrons. The van der Waals surface area contributed by atoms with Gasteiger partial charge < -0.3 is 16.0 Å². The molecule has 3 N–H and O–H groups in total. The normalized spacial score (nSPS) is 20.9. The monoisotopic (exact) mass is 420 g/mol. The highest BCUT2D eigenvalue weighted by atomic mass is 32.1. The van der Waals surface area contributed by atoms with Gasteiger partial charge in [0, 0.05) is 43.5 Å². The maximum atomic E-state index is 12.1. The van der Waals surface area contributed by atoms with E-state index in [1.165, 1.54) is 37.0 Å². The van der Waals surface area contributed by atoms with E-state index in [0.717, 1.165) is 39.0 Å². The molecule has 2 heterocycles. The second kappa shape index (κ2) is 12.2. The summed E-state index contributed by atoms with van der Waals surface area (Å²) in [6, 6.07) is 4.53. The number of hydrogen-bond acceptors (Lipinski definition) is 4. The molecule has 7 heteroatoms. The minimum atomic E-state index is -0.0923. The summed E-state index contributed by atoms with van der Waals surface area (Å²) in [4.78, 5) is 28.0. The van der Waals surface area contributed by atoms with Crippen molar-refractivity contribution in [2.24, 2.45) is 5.92 Å². The van der Waals surface area contributed by atoms with Crippen molar-refractivity contribution in [3.63, 3.8) is 0 Å². The molecule has 3 rings (SSSR count). The molecule has 1 aliphatic carbocycles. The van der Waals surface area contributed by atoms with E-state index in [4.69, 9.17) is 0 Å². The molecule has 2 fully saturated rings. The lowest BCUT2D eigenvalue weighted by Crippen LogP contribution is -2.43. The Balaban J connectivity index is 1.22. The molecular weight excluding hydrogens is 384 g/mol. The van der Waals surface area contributed by atoms with Crippen molar-refractivity contribution in [1.29, 1.82) is 0 Å². The zero-order valence-corrected chi connectivity index (χ0v) is 18.3. The SMILES string of the molecule is O=C(CCCNC(=O)NC1CCCCC1)NCC1CCCN(Cc2cccs2)C1. The van der Waals surface area contributed by atoms with E-state index >= 15 is 0 Å². The Morgan fingerprint density at radius 3 is 2.76 bits per heavy atom. The van der Waals surface area contributed by atoms with E-state index in [2.05, 4.69) is 38.4 Å². The molecule has 1 aliphatic heterocycles. The van der Waals surface area contributed by atoms with E-state index < -0.39 is 0 Å². The van der Waals surface area contributed by atoms with E-state index in [-0.39, 0.29) is 11.9 Å². The maximum absolute atomic E-state index is 12.1. The number of thiophene rings is 1. The number of carbonyl (C=O) groups is 2. The number of carbonyl (C=O) groups excluding carboxylic acids is 2. The van der Waals surface area contributed by atoms with Gasteiger partial charge in [0.25, 0.3) is 0 Å². The lowest BCUT2D eigenvalue weighted by Gasteiger charge is -2.32. The Labute approximate surface area is 178 Å². The third-order valence-electron chi connectivity index (χ3n) is 5.96. The highest BCUT2D eigenvalue weighted by Gasteiger charge is 2.20. The van der Waals surface area contributed by atoms with Crippen LogP contribution in [0.1, 0.15) is 62.7 Å². The van der Waals surface area contributed by atoms with Gasteiger partial charge in [-0.25, -0.2) is 4.79 Å². The van der Waals surface area contributed by atoms with Crippen LogP contribution in [0.25, 0.3) is 0 Å². The third-order valence-corrected chi connectivity index (χ3v) is 6.82. The number of nitrogens with one attached hydrogen (secondary N) is 3. The fourth-order valence-electron chi connectivity index (χ4n) is 4.37. The fraction of sp³-hybridized carbons (Fsp3) is 0.727. The summed E-state index contributed by atoms with van der Waals surface area (Å²) in [5.74, 6) is 0.627. The maximum Gasteiger partial charge on any atom is 0.315 e. The second-order valence-electron chi connectivity index (χ2n) is 8.47. The largest absolute Gasteiger partial charge is 0.356 e. The van der Waals surface area contributed by atoms with Gasteiger partial charge in [0.15, 0.2) is 0 Å². The molecule has 162 valence electrons. The van der Waals surface area contributed by atoms with Gasteiger partial charge in [-0.1, -0.05) is 25.3 Å². The Morgan fingerprint density at radius 2 is 1.97 bits per heavy atom. The molecule has 1 unspecified atom stereocenters. The summed E-state index contributed by atoms with van der Waals surface area (Å²) in [6.45, 7) is 4.54. The zero-order chi connectivity index (χ0) is 20.3. The van der Waals surface area contributed by atoms with Gasteiger partial charge in [0.1, 0.15) is 0 Å². The molecule has 1 aromatic rings. The summed E-state index contributed by atoms with van der Waals surface area (Å²) >= 11 is 1.81. The fourth-order valence-corrected chi connectivity index (χ4v) is 5.11. The van der Waals surface area contributed by atoms with Crippen molar-refractivity contribution in [3.05, 3.63) is 22.4 Å². The van der Waals surface area contributed by atoms with Crippen molar-refractivity contribution in [3.8, 4) is 0 Å². The van der Waals surface area contributed by atoms with Gasteiger partial charge in [-0.15, -0.1) is 11.3 Å². The highest BCUT2D eigenvalue weighted by molar-refractivity contribution is 7.09. The van der Waals surface area contributed by atoms with Crippen molar-refractivity contribution in [2.75, 3.05) is 26.2 Å². The average molecular weight is 421 g/mol. The number of rotatable bonds is 9. The Kier molecular flexibility index (Phi) is 9.28. The van der Waals surface area contributed by atoms with Crippen LogP contribution in [0.3, 0.4) is 0 Å². The predicted octanol–water partition coefficient (Wildman–Crippen LogP) is 3.49. The lowest BCUT2D eigenvalue weighted by molar-refractivity contribution is -0.121. The predicted molar refractivity (Wildman–Crippen MR) is 118 cm³/mol. The number of urea groups is 1. The van der Waals surface area contributed by atoms with Crippen LogP contribution in [0.2, 0.25) is 0 Å². The zero-order valence-electron chi connectivity index (χ0n) is 17.5. The van der Waals surface area contributed by atoms with Crippen LogP contribution in [-0.2, 0) is 11.3 Å². The van der Waals surface area contributed by atoms with E-state index in [9.17, 15) is 9.59 Å². The first kappa shape index (κ1) is 22.1. The summed E-state index contributed by atoms with van der Waals surface area (Å²) in [5.41, 5.74) is 0. The van der Waals surface area contributed by atoms with Gasteiger partial charge >= 0.3 is 6.03 Å². The van der Waals surface area contributed by atoms with Crippen LogP contribution in [0, 0.1) is 5.92 Å². The first-order chi connectivity index (χ1) is 14.2. The molecule has 0 bridgehead atoms. The molecule has 0 aromatic carbocycles. The highest BCUT2D eigenvalue weighted by Crippen LogP contribution is 2.20. The van der Waals surface area contributed by atoms with Gasteiger partial charge in [0.05, 0.1) is 0 Å². The number of nitrogens with zero attached hydrogens (tertiary/aromatic N) is 1. The van der Waals surface area contributed by atoms with Gasteiger partial charge in [-0.2, -0.15) is 0 Å². The smallest absolute Gasteiger partial charge is 0.315 e. The van der Waals surface area contributed by atoms with Crippen LogP contribution >= 0.6 is 11.3 Å². The summed E-state index contributed by atoms with van der Waals surface area (Å²) in [7, 11) is 0. The van der Waals surface area contributed by atoms with Gasteiger partial charge in [0.2, 0.25) is 5.91 Å². The van der Waals surface area contributed by atoms with Crippen molar-refractivity contribution in [2.45, 2.75) is 70.4 Å². The van der Waals surface area contributed by atoms with Crippen LogP contribution in [0.4, 0.5) is 4.79 Å². The Hall–Kier alpha value is -1.60. The first-order valence-electron chi connectivity index (χ1n) is 11.2. The van der Waals surface area contributed by atoms with Crippen LogP contribution in [-0.4, -0.2) is 49.1 Å². The minimum absolute atomic E-state index is 0.0923. The van der Waals surface area contributed by atoms with E-state index in [1.54, 1.807) is 0 Å². The van der Waals surface area contributed by atoms with Crippen molar-refractivity contribution < 1.29 is 9.59 Å². The minimum Gasteiger partial charge on any atom is -0.356 e. The van der Waals surface area contributed by atoms with Crippen molar-refractivity contribution >= 4 is 23.3 Å². The molecular formula is C22H36N4O2S. The molecule has 0 spiro atoms. The number of hydrogen-bond donors (Lipinski definition) is 3. The summed E-state index contributed by atoms with van der Waals surface area (Å²) < 4.78 is 0. The molecule has 2 aliphatic rings. The van der Waals surface area contributed by atoms with Crippen molar-refractivity contribution in [1.82, 2.24) is 20.9 Å². The molecule has 1 saturated carbocycles. The number of amides is 3. The molecule has 1 aromatic heterocycles. The Bertz CT molecular complexity index is 616. The second-order valence-corrected chi connectivity index (χ2v) is 9.50. The summed E-state index contributed by atoms with van der Waals surface area (Å²) in [5, 5.41) is 11.1. The molecule has 3 amide bonds. The molecule has 1 atom stereocenters. The lowest BCUT2D eigenvalue weighted by atomic mass is 9.96. The third kappa shape index (κ3) is 8.34. The van der Waals surface area contributed by atoms with E-state index in [0.29, 0.717) is 31.3 Å². The number of piperidine rings is 1. The van der Waals surface area contributed by atoms with Crippen LogP contribution < -0.4 is 16.0 Å². The standard InChI is InChI=1S/C22H36N4O2S/c27-21(11-4-12-23-22(28)25-19-8-2-1-3-9-19)24-15-18-7-5-13-26(16-18)17-20-10-6-14-29-20/h6,10,14,18-19H,1-5,7-9,11-13,15-17H2,(H,24,27)(H2,23,25,28). The van der Waals surface area contributed by atoms with Gasteiger partial charge in [-0.05, 0) is 56.0 Å². The van der Waals surface area contributed by atoms with E-state index in [1.807, 2.05) is 11.3 Å². The van der Waals surface area contributed by atoms with Gasteiger partial charge in [-0.3, -0.25) is 9.69 Å². The van der Waals surface area contributed by atoms with Crippen LogP contribution in [0.15, 0.2) is 17.5 Å². The molecule has 1 saturated heterocycles. The molecule has 6 nitrogen and oxygen atoms in total.